The van der Waals surface area contributed by atoms with Crippen LogP contribution < -0.4 is 10.6 Å². The topological polar surface area (TPSA) is 83.7 Å². The van der Waals surface area contributed by atoms with Crippen molar-refractivity contribution in [2.75, 3.05) is 0 Å². The summed E-state index contributed by atoms with van der Waals surface area (Å²) >= 11 is 0. The Labute approximate surface area is 207 Å². The van der Waals surface area contributed by atoms with Crippen LogP contribution in [0, 0.1) is 13.8 Å². The summed E-state index contributed by atoms with van der Waals surface area (Å²) in [6.45, 7) is 9.45. The third-order valence-electron chi connectivity index (χ3n) is 7.55. The normalized spacial score (nSPS) is 25.0. The van der Waals surface area contributed by atoms with E-state index in [2.05, 4.69) is 26.0 Å². The second-order valence-corrected chi connectivity index (χ2v) is 10.4. The summed E-state index contributed by atoms with van der Waals surface area (Å²) in [6.07, 6.45) is -5.04. The maximum absolute atomic E-state index is 14.3. The lowest BCUT2D eigenvalue weighted by molar-refractivity contribution is -0.120. The van der Waals surface area contributed by atoms with Crippen LogP contribution >= 0.6 is 0 Å². The lowest BCUT2D eigenvalue weighted by atomic mass is 9.61. The molecular weight excluding hydrogens is 469 g/mol. The van der Waals surface area contributed by atoms with E-state index in [1.54, 1.807) is 10.7 Å². The fraction of sp³-hybridized carbons (Fsp3) is 0.462. The quantitative estimate of drug-likeness (QED) is 0.617. The number of hydrogen-bond donors (Lipinski definition) is 2. The zero-order chi connectivity index (χ0) is 26.2. The van der Waals surface area contributed by atoms with Crippen LogP contribution in [0.4, 0.5) is 13.2 Å². The number of nitrogens with one attached hydrogen (secondary N) is 2. The molecule has 4 heterocycles. The van der Waals surface area contributed by atoms with Crippen LogP contribution in [0.25, 0.3) is 11.1 Å². The van der Waals surface area contributed by atoms with Crippen molar-refractivity contribution in [2.45, 2.75) is 70.8 Å². The minimum absolute atomic E-state index is 0.0251. The highest BCUT2D eigenvalue weighted by Crippen LogP contribution is 2.55. The Hall–Kier alpha value is -3.43. The van der Waals surface area contributed by atoms with Crippen molar-refractivity contribution >= 4 is 5.91 Å². The van der Waals surface area contributed by atoms with Crippen molar-refractivity contribution in [1.82, 2.24) is 20.4 Å². The van der Waals surface area contributed by atoms with E-state index in [0.29, 0.717) is 23.3 Å². The Morgan fingerprint density at radius 1 is 1.22 bits per heavy atom. The number of nitrogens with zero attached hydrogens (tertiary/aromatic N) is 4. The van der Waals surface area contributed by atoms with Crippen LogP contribution in [0.2, 0.25) is 0 Å². The standard InChI is InChI=1S/C26H29F3N6O/c1-7-25(16-10-8-9-15(11-16)18-13(2)34-35(6)14(18)3)19-17(12-24(4,5)31-23(19)36)30-22-20(25)21(32-33-22)26(27,28)29/h8-11,22,30H,7,12H2,1-6H3,(H,31,36). The van der Waals surface area contributed by atoms with E-state index in [1.165, 1.54) is 0 Å². The zero-order valence-corrected chi connectivity index (χ0v) is 21.1. The van der Waals surface area contributed by atoms with Crippen molar-refractivity contribution in [3.8, 4) is 11.1 Å². The molecule has 0 fully saturated rings. The minimum Gasteiger partial charge on any atom is -0.362 e. The van der Waals surface area contributed by atoms with E-state index in [4.69, 9.17) is 0 Å². The first-order chi connectivity index (χ1) is 16.8. The highest BCUT2D eigenvalue weighted by molar-refractivity contribution is 6.00. The molecule has 0 saturated carbocycles. The minimum atomic E-state index is -4.72. The number of hydrogen-bond acceptors (Lipinski definition) is 5. The average molecular weight is 499 g/mol. The predicted octanol–water partition coefficient (Wildman–Crippen LogP) is 5.12. The molecule has 3 aliphatic rings. The van der Waals surface area contributed by atoms with Crippen LogP contribution in [0.15, 0.2) is 57.0 Å². The molecule has 3 aliphatic heterocycles. The Morgan fingerprint density at radius 3 is 2.56 bits per heavy atom. The van der Waals surface area contributed by atoms with Gasteiger partial charge in [-0.3, -0.25) is 9.48 Å². The molecule has 1 aromatic heterocycles. The number of halogens is 3. The zero-order valence-electron chi connectivity index (χ0n) is 21.1. The molecule has 10 heteroatoms. The fourth-order valence-corrected chi connectivity index (χ4v) is 6.06. The Bertz CT molecular complexity index is 1380. The van der Waals surface area contributed by atoms with E-state index < -0.39 is 29.0 Å². The first-order valence-electron chi connectivity index (χ1n) is 12.0. The second kappa shape index (κ2) is 7.78. The molecule has 0 saturated heterocycles. The molecule has 0 radical (unpaired) electrons. The van der Waals surface area contributed by atoms with Gasteiger partial charge in [0.05, 0.1) is 16.7 Å². The number of benzene rings is 1. The van der Waals surface area contributed by atoms with E-state index >= 15 is 0 Å². The fourth-order valence-electron chi connectivity index (χ4n) is 6.06. The summed E-state index contributed by atoms with van der Waals surface area (Å²) in [7, 11) is 1.85. The van der Waals surface area contributed by atoms with Crippen molar-refractivity contribution in [1.29, 1.82) is 0 Å². The molecule has 5 rings (SSSR count). The Morgan fingerprint density at radius 2 is 1.94 bits per heavy atom. The summed E-state index contributed by atoms with van der Waals surface area (Å²) in [5.74, 6) is -0.380. The van der Waals surface area contributed by atoms with E-state index in [1.807, 2.05) is 59.9 Å². The number of rotatable bonds is 3. The van der Waals surface area contributed by atoms with Crippen molar-refractivity contribution in [3.63, 3.8) is 0 Å². The van der Waals surface area contributed by atoms with Gasteiger partial charge in [0.1, 0.15) is 0 Å². The second-order valence-electron chi connectivity index (χ2n) is 10.4. The lowest BCUT2D eigenvalue weighted by Gasteiger charge is -2.48. The number of allylic oxidation sites excluding steroid dienone is 1. The first-order valence-corrected chi connectivity index (χ1v) is 12.0. The molecule has 0 aliphatic carbocycles. The highest BCUT2D eigenvalue weighted by Gasteiger charge is 2.57. The summed E-state index contributed by atoms with van der Waals surface area (Å²) in [5.41, 5.74) is 2.05. The van der Waals surface area contributed by atoms with Gasteiger partial charge in [0, 0.05) is 41.5 Å². The molecule has 2 N–H and O–H groups in total. The molecule has 2 atom stereocenters. The lowest BCUT2D eigenvalue weighted by Crippen LogP contribution is -2.58. The molecule has 0 spiro atoms. The van der Waals surface area contributed by atoms with Gasteiger partial charge >= 0.3 is 6.18 Å². The van der Waals surface area contributed by atoms with Crippen LogP contribution in [0.3, 0.4) is 0 Å². The summed E-state index contributed by atoms with van der Waals surface area (Å²) in [4.78, 5) is 13.6. The third-order valence-corrected chi connectivity index (χ3v) is 7.55. The number of alkyl halides is 3. The van der Waals surface area contributed by atoms with Crippen molar-refractivity contribution in [3.05, 3.63) is 63.8 Å². The average Bonchev–Trinajstić information content (AvgIpc) is 3.31. The first kappa shape index (κ1) is 24.3. The van der Waals surface area contributed by atoms with Gasteiger partial charge in [-0.15, -0.1) is 5.11 Å². The number of carbonyl (C=O) groups excluding carboxylic acids is 1. The predicted molar refractivity (Wildman–Crippen MR) is 129 cm³/mol. The Balaban J connectivity index is 1.84. The largest absolute Gasteiger partial charge is 0.435 e. The SMILES string of the molecule is CCC1(c2cccc(-c3c(C)nn(C)c3C)c2)C2=C(CC(C)(C)NC2=O)NC2N=NC(C(F)(F)F)=C21. The number of carbonyl (C=O) groups is 1. The van der Waals surface area contributed by atoms with Gasteiger partial charge in [-0.25, -0.2) is 0 Å². The van der Waals surface area contributed by atoms with Gasteiger partial charge in [-0.05, 0) is 51.3 Å². The molecule has 1 amide bonds. The molecule has 190 valence electrons. The molecule has 36 heavy (non-hydrogen) atoms. The summed E-state index contributed by atoms with van der Waals surface area (Å²) in [6, 6.07) is 7.43. The van der Waals surface area contributed by atoms with Gasteiger partial charge < -0.3 is 10.6 Å². The number of aryl methyl sites for hydroxylation is 2. The van der Waals surface area contributed by atoms with Crippen molar-refractivity contribution in [2.24, 2.45) is 17.3 Å². The van der Waals surface area contributed by atoms with E-state index in [9.17, 15) is 18.0 Å². The molecule has 0 bridgehead atoms. The van der Waals surface area contributed by atoms with Crippen LogP contribution in [-0.2, 0) is 17.3 Å². The molecule has 2 unspecified atom stereocenters. The number of azo groups is 1. The smallest absolute Gasteiger partial charge is 0.362 e. The molecular formula is C26H29F3N6O. The summed E-state index contributed by atoms with van der Waals surface area (Å²) < 4.78 is 44.6. The number of aromatic nitrogens is 2. The van der Waals surface area contributed by atoms with Gasteiger partial charge in [0.25, 0.3) is 5.91 Å². The Kier molecular flexibility index (Phi) is 5.25. The van der Waals surface area contributed by atoms with Gasteiger partial charge in [-0.1, -0.05) is 25.1 Å². The van der Waals surface area contributed by atoms with Crippen LogP contribution in [-0.4, -0.2) is 33.6 Å². The molecule has 2 aromatic rings. The van der Waals surface area contributed by atoms with E-state index in [0.717, 1.165) is 22.5 Å². The number of fused-ring (bicyclic) bond motifs is 1. The van der Waals surface area contributed by atoms with E-state index in [-0.39, 0.29) is 17.9 Å². The van der Waals surface area contributed by atoms with Gasteiger partial charge in [0.15, 0.2) is 11.9 Å². The van der Waals surface area contributed by atoms with Crippen LogP contribution in [0.1, 0.15) is 50.6 Å². The summed E-state index contributed by atoms with van der Waals surface area (Å²) in [5, 5.41) is 18.2. The highest BCUT2D eigenvalue weighted by atomic mass is 19.4. The maximum atomic E-state index is 14.3. The molecule has 7 nitrogen and oxygen atoms in total. The molecule has 1 aromatic carbocycles. The third kappa shape index (κ3) is 3.41. The number of amides is 1. The monoisotopic (exact) mass is 498 g/mol. The van der Waals surface area contributed by atoms with Crippen molar-refractivity contribution < 1.29 is 18.0 Å². The maximum Gasteiger partial charge on any atom is 0.435 e. The van der Waals surface area contributed by atoms with Gasteiger partial charge in [0.2, 0.25) is 0 Å². The van der Waals surface area contributed by atoms with Crippen LogP contribution in [0.5, 0.6) is 0 Å². The van der Waals surface area contributed by atoms with Gasteiger partial charge in [-0.2, -0.15) is 23.4 Å².